The lowest BCUT2D eigenvalue weighted by atomic mass is 10.0. The van der Waals surface area contributed by atoms with Gasteiger partial charge >= 0.3 is 0 Å². The highest BCUT2D eigenvalue weighted by atomic mass is 16.3. The molecule has 0 radical (unpaired) electrons. The van der Waals surface area contributed by atoms with E-state index in [1.54, 1.807) is 0 Å². The van der Waals surface area contributed by atoms with Crippen molar-refractivity contribution in [1.82, 2.24) is 15.0 Å². The Hall–Kier alpha value is -7.84. The fourth-order valence-corrected chi connectivity index (χ4v) is 7.73. The number of nitrogens with zero attached hydrogens (tertiary/aromatic N) is 4. The van der Waals surface area contributed by atoms with E-state index in [1.807, 2.05) is 146 Å². The molecule has 0 unspecified atom stereocenters. The molecule has 0 saturated heterocycles. The van der Waals surface area contributed by atoms with Crippen LogP contribution < -0.4 is 5.73 Å². The van der Waals surface area contributed by atoms with Crippen LogP contribution in [0.5, 0.6) is 0 Å². The van der Waals surface area contributed by atoms with Crippen molar-refractivity contribution in [2.75, 3.05) is 0 Å². The zero-order chi connectivity index (χ0) is 37.9. The fourth-order valence-electron chi connectivity index (χ4n) is 7.73. The third kappa shape index (κ3) is 5.62. The predicted octanol–water partition coefficient (Wildman–Crippen LogP) is 12.0. The molecule has 0 amide bonds. The van der Waals surface area contributed by atoms with Crippen molar-refractivity contribution in [3.05, 3.63) is 181 Å². The lowest BCUT2D eigenvalue weighted by Gasteiger charge is -2.09. The van der Waals surface area contributed by atoms with Crippen LogP contribution in [-0.4, -0.2) is 20.8 Å². The summed E-state index contributed by atoms with van der Waals surface area (Å²) in [4.78, 5) is 20.1. The largest absolute Gasteiger partial charge is 0.458 e. The molecule has 0 aliphatic carbocycles. The van der Waals surface area contributed by atoms with E-state index < -0.39 is 0 Å². The van der Waals surface area contributed by atoms with E-state index in [1.165, 1.54) is 0 Å². The summed E-state index contributed by atoms with van der Waals surface area (Å²) in [5.41, 5.74) is 15.6. The minimum atomic E-state index is 0.330. The van der Waals surface area contributed by atoms with Gasteiger partial charge in [-0.25, -0.2) is 19.9 Å². The van der Waals surface area contributed by atoms with E-state index in [2.05, 4.69) is 18.2 Å². The van der Waals surface area contributed by atoms with Gasteiger partial charge in [-0.2, -0.15) is 0 Å². The van der Waals surface area contributed by atoms with Crippen LogP contribution in [0.25, 0.3) is 89.0 Å². The van der Waals surface area contributed by atoms with Crippen molar-refractivity contribution >= 4 is 66.4 Å². The SMILES string of the molecule is NC(=Nc1c(Cc2ccccc2)oc2ccccc12)c1cccc2c1oc1cc(-c3nc(-c4ccccc4)nc(-c4cccc5oc6ccccc6c45)n3)ccc12. The first kappa shape index (κ1) is 32.6. The maximum atomic E-state index is 6.87. The second-order valence-corrected chi connectivity index (χ2v) is 14.0. The van der Waals surface area contributed by atoms with Crippen molar-refractivity contribution < 1.29 is 13.3 Å². The van der Waals surface area contributed by atoms with Crippen molar-refractivity contribution in [1.29, 1.82) is 0 Å². The van der Waals surface area contributed by atoms with Crippen LogP contribution in [0.1, 0.15) is 16.9 Å². The van der Waals surface area contributed by atoms with Gasteiger partial charge in [0.05, 0.1) is 5.56 Å². The Morgan fingerprint density at radius 2 is 1.14 bits per heavy atom. The normalized spacial score (nSPS) is 12.1. The van der Waals surface area contributed by atoms with Gasteiger partial charge in [0.2, 0.25) is 0 Å². The average Bonchev–Trinajstić information content (AvgIpc) is 3.95. The van der Waals surface area contributed by atoms with E-state index in [4.69, 9.17) is 38.9 Å². The molecule has 11 rings (SSSR count). The number of benzene rings is 7. The molecule has 4 heterocycles. The fraction of sp³-hybridized carbons (Fsp3) is 0.0204. The van der Waals surface area contributed by atoms with Gasteiger partial charge in [0.25, 0.3) is 0 Å². The molecule has 4 aromatic heterocycles. The molecular weight excluding hydrogens is 707 g/mol. The molecule has 270 valence electrons. The number of para-hydroxylation sites is 3. The Morgan fingerprint density at radius 1 is 0.491 bits per heavy atom. The van der Waals surface area contributed by atoms with E-state index in [-0.39, 0.29) is 0 Å². The van der Waals surface area contributed by atoms with Gasteiger partial charge in [0.1, 0.15) is 45.2 Å². The number of aromatic nitrogens is 3. The van der Waals surface area contributed by atoms with Gasteiger partial charge in [0.15, 0.2) is 17.5 Å². The molecule has 57 heavy (non-hydrogen) atoms. The van der Waals surface area contributed by atoms with Crippen LogP contribution in [0.2, 0.25) is 0 Å². The Kier molecular flexibility index (Phi) is 7.53. The lowest BCUT2D eigenvalue weighted by Crippen LogP contribution is -2.13. The van der Waals surface area contributed by atoms with Crippen molar-refractivity contribution in [2.24, 2.45) is 10.7 Å². The summed E-state index contributed by atoms with van der Waals surface area (Å²) in [7, 11) is 0. The molecule has 0 aliphatic heterocycles. The topological polar surface area (TPSA) is 116 Å². The summed E-state index contributed by atoms with van der Waals surface area (Å²) in [6.45, 7) is 0. The van der Waals surface area contributed by atoms with Crippen LogP contribution in [0.3, 0.4) is 0 Å². The highest BCUT2D eigenvalue weighted by Gasteiger charge is 2.21. The lowest BCUT2D eigenvalue weighted by molar-refractivity contribution is 0.564. The van der Waals surface area contributed by atoms with Crippen molar-refractivity contribution in [3.63, 3.8) is 0 Å². The van der Waals surface area contributed by atoms with Gasteiger partial charge < -0.3 is 19.0 Å². The molecule has 8 heteroatoms. The molecule has 2 N–H and O–H groups in total. The summed E-state index contributed by atoms with van der Waals surface area (Å²) in [6, 6.07) is 54.1. The zero-order valence-electron chi connectivity index (χ0n) is 30.4. The van der Waals surface area contributed by atoms with Gasteiger partial charge in [-0.15, -0.1) is 0 Å². The van der Waals surface area contributed by atoms with Gasteiger partial charge in [0, 0.05) is 50.0 Å². The smallest absolute Gasteiger partial charge is 0.164 e. The van der Waals surface area contributed by atoms with Crippen LogP contribution in [0, 0.1) is 0 Å². The van der Waals surface area contributed by atoms with Gasteiger partial charge in [-0.05, 0) is 48.0 Å². The Labute approximate surface area is 325 Å². The van der Waals surface area contributed by atoms with Crippen LogP contribution in [-0.2, 0) is 6.42 Å². The highest BCUT2D eigenvalue weighted by molar-refractivity contribution is 6.16. The third-order valence-corrected chi connectivity index (χ3v) is 10.4. The molecule has 0 aliphatic rings. The number of rotatable bonds is 7. The first-order valence-corrected chi connectivity index (χ1v) is 18.7. The quantitative estimate of drug-likeness (QED) is 0.128. The molecule has 7 aromatic carbocycles. The second kappa shape index (κ2) is 13.2. The standard InChI is InChI=1S/C49H31N5O3/c50-46(51-44-35-18-8-10-23-39(35)56-42(44)27-29-13-3-1-4-14-29)37-21-11-19-33-32-26-25-31(28-41(32)57-45(33)37)48-52-47(30-15-5-2-6-16-30)53-49(54-48)36-20-12-24-40-43(36)34-17-7-9-22-38(34)55-40/h1-26,28H,27H2,(H2,50,51). The summed E-state index contributed by atoms with van der Waals surface area (Å²) in [5.74, 6) is 2.71. The highest BCUT2D eigenvalue weighted by Crippen LogP contribution is 2.39. The predicted molar refractivity (Wildman–Crippen MR) is 227 cm³/mol. The van der Waals surface area contributed by atoms with Crippen molar-refractivity contribution in [2.45, 2.75) is 6.42 Å². The Morgan fingerprint density at radius 3 is 1.96 bits per heavy atom. The average molecular weight is 738 g/mol. The Bertz CT molecular complexity index is 3340. The minimum absolute atomic E-state index is 0.330. The number of furan rings is 3. The van der Waals surface area contributed by atoms with Crippen molar-refractivity contribution in [3.8, 4) is 34.2 Å². The molecular formula is C49H31N5O3. The molecule has 11 aromatic rings. The number of hydrogen-bond donors (Lipinski definition) is 1. The number of aliphatic imine (C=N–C) groups is 1. The molecule has 0 bridgehead atoms. The number of fused-ring (bicyclic) bond motifs is 7. The summed E-state index contributed by atoms with van der Waals surface area (Å²) in [6.07, 6.45) is 0.581. The van der Waals surface area contributed by atoms with E-state index in [9.17, 15) is 0 Å². The van der Waals surface area contributed by atoms with E-state index in [0.29, 0.717) is 52.1 Å². The molecule has 0 atom stereocenters. The number of nitrogens with two attached hydrogens (primary N) is 1. The molecule has 0 saturated carbocycles. The van der Waals surface area contributed by atoms with E-state index in [0.717, 1.165) is 71.7 Å². The van der Waals surface area contributed by atoms with Crippen LogP contribution >= 0.6 is 0 Å². The van der Waals surface area contributed by atoms with Gasteiger partial charge in [-0.3, -0.25) is 0 Å². The maximum absolute atomic E-state index is 6.87. The van der Waals surface area contributed by atoms with E-state index >= 15 is 0 Å². The number of amidine groups is 1. The Balaban J connectivity index is 1.04. The zero-order valence-corrected chi connectivity index (χ0v) is 30.4. The molecule has 0 fully saturated rings. The summed E-state index contributed by atoms with van der Waals surface area (Å²) in [5, 5.41) is 4.72. The molecule has 0 spiro atoms. The van der Waals surface area contributed by atoms with Gasteiger partial charge in [-0.1, -0.05) is 121 Å². The summed E-state index contributed by atoms with van der Waals surface area (Å²) < 4.78 is 19.2. The van der Waals surface area contributed by atoms with Crippen LogP contribution in [0.15, 0.2) is 182 Å². The first-order valence-electron chi connectivity index (χ1n) is 18.7. The number of hydrogen-bond acceptors (Lipinski definition) is 7. The second-order valence-electron chi connectivity index (χ2n) is 14.0. The maximum Gasteiger partial charge on any atom is 0.164 e. The molecule has 8 nitrogen and oxygen atoms in total. The summed E-state index contributed by atoms with van der Waals surface area (Å²) >= 11 is 0. The third-order valence-electron chi connectivity index (χ3n) is 10.4. The monoisotopic (exact) mass is 737 g/mol. The first-order chi connectivity index (χ1) is 28.1. The minimum Gasteiger partial charge on any atom is -0.458 e. The van der Waals surface area contributed by atoms with Crippen LogP contribution in [0.4, 0.5) is 5.69 Å².